The third kappa shape index (κ3) is 3.20. The van der Waals surface area contributed by atoms with Crippen molar-refractivity contribution < 1.29 is 9.18 Å². The summed E-state index contributed by atoms with van der Waals surface area (Å²) in [5.41, 5.74) is 3.52. The minimum atomic E-state index is -0.266. The number of aromatic nitrogens is 2. The van der Waals surface area contributed by atoms with Gasteiger partial charge < -0.3 is 9.47 Å². The van der Waals surface area contributed by atoms with E-state index in [9.17, 15) is 9.18 Å². The summed E-state index contributed by atoms with van der Waals surface area (Å²) in [6.45, 7) is 3.63. The van der Waals surface area contributed by atoms with Crippen LogP contribution in [-0.2, 0) is 24.1 Å². The van der Waals surface area contributed by atoms with Crippen LogP contribution in [0.15, 0.2) is 24.3 Å². The van der Waals surface area contributed by atoms with Crippen LogP contribution in [0.25, 0.3) is 0 Å². The molecular formula is C20H24FN3O. The van der Waals surface area contributed by atoms with E-state index in [1.165, 1.54) is 36.4 Å². The molecule has 0 N–H and O–H groups in total. The van der Waals surface area contributed by atoms with Crippen molar-refractivity contribution in [2.45, 2.75) is 51.5 Å². The van der Waals surface area contributed by atoms with Gasteiger partial charge in [-0.3, -0.25) is 4.79 Å². The first kappa shape index (κ1) is 16.3. The number of hydrogen-bond acceptors (Lipinski definition) is 2. The summed E-state index contributed by atoms with van der Waals surface area (Å²) in [4.78, 5) is 19.3. The summed E-state index contributed by atoms with van der Waals surface area (Å²) in [6, 6.07) is 6.55. The smallest absolute Gasteiger partial charge is 0.227 e. The molecule has 2 aliphatic rings. The Bertz CT molecular complexity index is 781. The van der Waals surface area contributed by atoms with E-state index < -0.39 is 0 Å². The molecule has 132 valence electrons. The molecule has 1 saturated heterocycles. The predicted octanol–water partition coefficient (Wildman–Crippen LogP) is 3.23. The second-order valence-electron chi connectivity index (χ2n) is 7.22. The Balaban J connectivity index is 1.45. The summed E-state index contributed by atoms with van der Waals surface area (Å²) >= 11 is 0. The van der Waals surface area contributed by atoms with Gasteiger partial charge >= 0.3 is 0 Å². The van der Waals surface area contributed by atoms with Gasteiger partial charge in [-0.2, -0.15) is 0 Å². The molecule has 5 heteroatoms. The molecule has 0 radical (unpaired) electrons. The Labute approximate surface area is 147 Å². The molecule has 1 aliphatic carbocycles. The number of hydrogen-bond donors (Lipinski definition) is 0. The zero-order valence-corrected chi connectivity index (χ0v) is 14.7. The average Bonchev–Trinajstić information content (AvgIpc) is 3.20. The number of carbonyl (C=O) groups is 1. The molecule has 0 unspecified atom stereocenters. The summed E-state index contributed by atoms with van der Waals surface area (Å²) in [6.07, 6.45) is 5.99. The molecule has 2 heterocycles. The molecule has 25 heavy (non-hydrogen) atoms. The molecule has 4 nitrogen and oxygen atoms in total. The number of rotatable bonds is 3. The SMILES string of the molecule is Cc1nc2c(n1[C@@H]1CCN(C(=O)Cc3ccc(F)cc3)C1)CCCC2. The summed E-state index contributed by atoms with van der Waals surface area (Å²) in [5.74, 6) is 0.947. The number of fused-ring (bicyclic) bond motifs is 1. The highest BCUT2D eigenvalue weighted by atomic mass is 19.1. The van der Waals surface area contributed by atoms with Crippen molar-refractivity contribution in [3.63, 3.8) is 0 Å². The standard InChI is InChI=1S/C20H24FN3O/c1-14-22-18-4-2-3-5-19(18)24(14)17-10-11-23(13-17)20(25)12-15-6-8-16(21)9-7-15/h6-9,17H,2-5,10-13H2,1H3/t17-/m1/s1. The second-order valence-corrected chi connectivity index (χ2v) is 7.22. The first-order chi connectivity index (χ1) is 12.1. The fourth-order valence-electron chi connectivity index (χ4n) is 4.25. The lowest BCUT2D eigenvalue weighted by Gasteiger charge is -2.21. The van der Waals surface area contributed by atoms with Crippen molar-refractivity contribution in [3.8, 4) is 0 Å². The van der Waals surface area contributed by atoms with E-state index in [4.69, 9.17) is 4.98 Å². The van der Waals surface area contributed by atoms with Crippen molar-refractivity contribution in [1.29, 1.82) is 0 Å². The molecule has 1 amide bonds. The van der Waals surface area contributed by atoms with Gasteiger partial charge in [-0.05, 0) is 56.7 Å². The molecule has 1 aromatic heterocycles. The number of nitrogens with zero attached hydrogens (tertiary/aromatic N) is 3. The van der Waals surface area contributed by atoms with E-state index in [1.54, 1.807) is 12.1 Å². The average molecular weight is 341 g/mol. The van der Waals surface area contributed by atoms with Gasteiger partial charge in [-0.1, -0.05) is 12.1 Å². The Morgan fingerprint density at radius 1 is 1.24 bits per heavy atom. The van der Waals surface area contributed by atoms with Crippen LogP contribution in [0.2, 0.25) is 0 Å². The first-order valence-electron chi connectivity index (χ1n) is 9.20. The Kier molecular flexibility index (Phi) is 4.32. The number of amides is 1. The Morgan fingerprint density at radius 2 is 2.00 bits per heavy atom. The van der Waals surface area contributed by atoms with Crippen LogP contribution < -0.4 is 0 Å². The van der Waals surface area contributed by atoms with Crippen LogP contribution in [0, 0.1) is 12.7 Å². The van der Waals surface area contributed by atoms with Gasteiger partial charge in [0, 0.05) is 18.8 Å². The number of imidazole rings is 1. The molecule has 4 rings (SSSR count). The highest BCUT2D eigenvalue weighted by Crippen LogP contribution is 2.30. The highest BCUT2D eigenvalue weighted by molar-refractivity contribution is 5.79. The number of likely N-dealkylation sites (tertiary alicyclic amines) is 1. The Hall–Kier alpha value is -2.17. The molecule has 1 aromatic carbocycles. The predicted molar refractivity (Wildman–Crippen MR) is 93.9 cm³/mol. The summed E-state index contributed by atoms with van der Waals surface area (Å²) in [5, 5.41) is 0. The topological polar surface area (TPSA) is 38.1 Å². The maximum atomic E-state index is 13.0. The summed E-state index contributed by atoms with van der Waals surface area (Å²) in [7, 11) is 0. The molecule has 0 spiro atoms. The van der Waals surface area contributed by atoms with Crippen molar-refractivity contribution in [3.05, 3.63) is 52.9 Å². The van der Waals surface area contributed by atoms with Crippen LogP contribution in [-0.4, -0.2) is 33.4 Å². The fraction of sp³-hybridized carbons (Fsp3) is 0.500. The van der Waals surface area contributed by atoms with Crippen molar-refractivity contribution in [2.24, 2.45) is 0 Å². The maximum absolute atomic E-state index is 13.0. The molecule has 2 aromatic rings. The second kappa shape index (κ2) is 6.62. The largest absolute Gasteiger partial charge is 0.340 e. The molecular weight excluding hydrogens is 317 g/mol. The first-order valence-corrected chi connectivity index (χ1v) is 9.20. The van der Waals surface area contributed by atoms with Gasteiger partial charge in [0.05, 0.1) is 18.2 Å². The highest BCUT2D eigenvalue weighted by Gasteiger charge is 2.31. The molecule has 1 fully saturated rings. The van der Waals surface area contributed by atoms with Gasteiger partial charge in [0.25, 0.3) is 0 Å². The van der Waals surface area contributed by atoms with E-state index in [2.05, 4.69) is 11.5 Å². The van der Waals surface area contributed by atoms with E-state index in [1.807, 2.05) is 4.90 Å². The monoisotopic (exact) mass is 341 g/mol. The van der Waals surface area contributed by atoms with E-state index >= 15 is 0 Å². The van der Waals surface area contributed by atoms with E-state index in [-0.39, 0.29) is 11.7 Å². The quantitative estimate of drug-likeness (QED) is 0.860. The van der Waals surface area contributed by atoms with Gasteiger partial charge in [0.2, 0.25) is 5.91 Å². The normalized spacial score (nSPS) is 19.9. The van der Waals surface area contributed by atoms with E-state index in [0.29, 0.717) is 12.5 Å². The van der Waals surface area contributed by atoms with Gasteiger partial charge in [0.15, 0.2) is 0 Å². The third-order valence-corrected chi connectivity index (χ3v) is 5.50. The Morgan fingerprint density at radius 3 is 2.80 bits per heavy atom. The number of halogens is 1. The number of aryl methyl sites for hydroxylation is 2. The lowest BCUT2D eigenvalue weighted by molar-refractivity contribution is -0.129. The lowest BCUT2D eigenvalue weighted by Crippen LogP contribution is -2.30. The maximum Gasteiger partial charge on any atom is 0.227 e. The summed E-state index contributed by atoms with van der Waals surface area (Å²) < 4.78 is 15.4. The molecule has 0 saturated carbocycles. The van der Waals surface area contributed by atoms with Crippen LogP contribution >= 0.6 is 0 Å². The fourth-order valence-corrected chi connectivity index (χ4v) is 4.25. The zero-order chi connectivity index (χ0) is 17.4. The van der Waals surface area contributed by atoms with Crippen LogP contribution in [0.1, 0.15) is 48.1 Å². The minimum Gasteiger partial charge on any atom is -0.340 e. The van der Waals surface area contributed by atoms with Crippen molar-refractivity contribution >= 4 is 5.91 Å². The van der Waals surface area contributed by atoms with Gasteiger partial charge in [-0.15, -0.1) is 0 Å². The third-order valence-electron chi connectivity index (χ3n) is 5.50. The lowest BCUT2D eigenvalue weighted by atomic mass is 10.0. The molecule has 1 aliphatic heterocycles. The molecule has 1 atom stereocenters. The van der Waals surface area contributed by atoms with Gasteiger partial charge in [0.1, 0.15) is 11.6 Å². The van der Waals surface area contributed by atoms with Crippen LogP contribution in [0.4, 0.5) is 4.39 Å². The van der Waals surface area contributed by atoms with Gasteiger partial charge in [-0.25, -0.2) is 9.37 Å². The van der Waals surface area contributed by atoms with Crippen LogP contribution in [0.5, 0.6) is 0 Å². The molecule has 0 bridgehead atoms. The number of carbonyl (C=O) groups excluding carboxylic acids is 1. The minimum absolute atomic E-state index is 0.126. The zero-order valence-electron chi connectivity index (χ0n) is 14.7. The van der Waals surface area contributed by atoms with Crippen LogP contribution in [0.3, 0.4) is 0 Å². The number of benzene rings is 1. The van der Waals surface area contributed by atoms with Crippen molar-refractivity contribution in [2.75, 3.05) is 13.1 Å². The van der Waals surface area contributed by atoms with Crippen molar-refractivity contribution in [1.82, 2.24) is 14.5 Å². The van der Waals surface area contributed by atoms with E-state index in [0.717, 1.165) is 43.7 Å².